The van der Waals surface area contributed by atoms with Gasteiger partial charge in [0, 0.05) is 0 Å². The van der Waals surface area contributed by atoms with Gasteiger partial charge in [0.15, 0.2) is 11.6 Å². The summed E-state index contributed by atoms with van der Waals surface area (Å²) in [6.45, 7) is -0.134. The maximum atomic E-state index is 8.69. The zero-order valence-corrected chi connectivity index (χ0v) is 6.19. The second kappa shape index (κ2) is 2.78. The average molecular weight is 165 g/mol. The van der Waals surface area contributed by atoms with Gasteiger partial charge in [0.2, 0.25) is 0 Å². The van der Waals surface area contributed by atoms with E-state index in [0.717, 1.165) is 5.56 Å². The summed E-state index contributed by atoms with van der Waals surface area (Å²) in [5.41, 5.74) is 0.797. The average Bonchev–Trinajstić information content (AvgIpc) is 2.75. The van der Waals surface area contributed by atoms with Crippen molar-refractivity contribution in [3.8, 4) is 11.4 Å². The first-order valence-electron chi connectivity index (χ1n) is 3.45. The molecule has 0 spiro atoms. The number of nitrogens with one attached hydrogen (secondary N) is 1. The highest BCUT2D eigenvalue weighted by atomic mass is 16.3. The Morgan fingerprint density at radius 1 is 1.58 bits per heavy atom. The van der Waals surface area contributed by atoms with E-state index in [1.807, 2.05) is 0 Å². The van der Waals surface area contributed by atoms with E-state index in [1.165, 1.54) is 0 Å². The summed E-state index contributed by atoms with van der Waals surface area (Å²) in [5, 5.41) is 15.2. The molecule has 0 bridgehead atoms. The molecular formula is C7H7N3O2. The fourth-order valence-electron chi connectivity index (χ4n) is 0.887. The minimum absolute atomic E-state index is 0.134. The molecule has 62 valence electrons. The molecule has 2 rings (SSSR count). The summed E-state index contributed by atoms with van der Waals surface area (Å²) >= 11 is 0. The first-order chi connectivity index (χ1) is 5.90. The zero-order chi connectivity index (χ0) is 8.39. The monoisotopic (exact) mass is 165 g/mol. The predicted octanol–water partition coefficient (Wildman–Crippen LogP) is 0.557. The highest BCUT2D eigenvalue weighted by Gasteiger charge is 2.04. The van der Waals surface area contributed by atoms with Crippen LogP contribution in [0.1, 0.15) is 5.82 Å². The highest BCUT2D eigenvalue weighted by molar-refractivity contribution is 5.51. The standard InChI is InChI=1S/C7H7N3O2/c11-3-6-8-7(10-9-6)5-1-2-12-4-5/h1-2,4,11H,3H2,(H,8,9,10). The Kier molecular flexibility index (Phi) is 1.64. The molecule has 0 unspecified atom stereocenters. The predicted molar refractivity (Wildman–Crippen MR) is 40.0 cm³/mol. The van der Waals surface area contributed by atoms with Crippen LogP contribution < -0.4 is 0 Å². The Morgan fingerprint density at radius 2 is 2.50 bits per heavy atom. The van der Waals surface area contributed by atoms with Gasteiger partial charge in [-0.25, -0.2) is 4.98 Å². The van der Waals surface area contributed by atoms with E-state index in [9.17, 15) is 0 Å². The molecule has 0 saturated carbocycles. The molecule has 0 aliphatic rings. The normalized spacial score (nSPS) is 10.4. The lowest BCUT2D eigenvalue weighted by atomic mass is 10.3. The fraction of sp³-hybridized carbons (Fsp3) is 0.143. The summed E-state index contributed by atoms with van der Waals surface area (Å²) in [4.78, 5) is 3.99. The van der Waals surface area contributed by atoms with E-state index in [0.29, 0.717) is 11.6 Å². The second-order valence-electron chi connectivity index (χ2n) is 2.28. The number of aliphatic hydroxyl groups excluding tert-OH is 1. The van der Waals surface area contributed by atoms with E-state index in [4.69, 9.17) is 9.52 Å². The molecule has 0 aliphatic carbocycles. The molecule has 2 N–H and O–H groups in total. The van der Waals surface area contributed by atoms with Crippen LogP contribution in [0.15, 0.2) is 23.0 Å². The minimum atomic E-state index is -0.134. The van der Waals surface area contributed by atoms with Crippen LogP contribution in [0.4, 0.5) is 0 Å². The Bertz CT molecular complexity index is 352. The topological polar surface area (TPSA) is 74.9 Å². The number of furan rings is 1. The lowest BCUT2D eigenvalue weighted by Gasteiger charge is -1.82. The lowest BCUT2D eigenvalue weighted by Crippen LogP contribution is -1.84. The second-order valence-corrected chi connectivity index (χ2v) is 2.28. The van der Waals surface area contributed by atoms with Crippen molar-refractivity contribution in [1.82, 2.24) is 15.2 Å². The molecule has 0 aliphatic heterocycles. The highest BCUT2D eigenvalue weighted by Crippen LogP contribution is 2.13. The summed E-state index contributed by atoms with van der Waals surface area (Å²) < 4.78 is 4.86. The summed E-state index contributed by atoms with van der Waals surface area (Å²) in [6, 6.07) is 1.75. The van der Waals surface area contributed by atoms with E-state index in [1.54, 1.807) is 18.6 Å². The Morgan fingerprint density at radius 3 is 3.08 bits per heavy atom. The van der Waals surface area contributed by atoms with Crippen molar-refractivity contribution >= 4 is 0 Å². The molecule has 2 heterocycles. The molecule has 0 radical (unpaired) electrons. The van der Waals surface area contributed by atoms with Crippen molar-refractivity contribution < 1.29 is 9.52 Å². The third kappa shape index (κ3) is 1.10. The van der Waals surface area contributed by atoms with Crippen LogP contribution in [-0.2, 0) is 6.61 Å². The summed E-state index contributed by atoms with van der Waals surface area (Å²) in [6.07, 6.45) is 3.09. The van der Waals surface area contributed by atoms with Gasteiger partial charge < -0.3 is 9.52 Å². The SMILES string of the molecule is OCc1nc(-c2ccoc2)n[nH]1. The van der Waals surface area contributed by atoms with Crippen molar-refractivity contribution in [1.29, 1.82) is 0 Å². The molecule has 2 aromatic rings. The van der Waals surface area contributed by atoms with Crippen LogP contribution in [0, 0.1) is 0 Å². The van der Waals surface area contributed by atoms with Crippen molar-refractivity contribution in [2.45, 2.75) is 6.61 Å². The van der Waals surface area contributed by atoms with Crippen LogP contribution in [0.2, 0.25) is 0 Å². The number of hydrogen-bond donors (Lipinski definition) is 2. The number of nitrogens with zero attached hydrogens (tertiary/aromatic N) is 2. The molecule has 5 heteroatoms. The molecule has 0 aromatic carbocycles. The molecule has 12 heavy (non-hydrogen) atoms. The van der Waals surface area contributed by atoms with Gasteiger partial charge in [-0.2, -0.15) is 5.10 Å². The van der Waals surface area contributed by atoms with Crippen LogP contribution in [0.25, 0.3) is 11.4 Å². The van der Waals surface area contributed by atoms with Crippen molar-refractivity contribution in [2.75, 3.05) is 0 Å². The van der Waals surface area contributed by atoms with Gasteiger partial charge in [0.25, 0.3) is 0 Å². The van der Waals surface area contributed by atoms with Crippen LogP contribution >= 0.6 is 0 Å². The van der Waals surface area contributed by atoms with Crippen LogP contribution in [-0.4, -0.2) is 20.3 Å². The first kappa shape index (κ1) is 7.05. The van der Waals surface area contributed by atoms with E-state index in [-0.39, 0.29) is 6.61 Å². The Labute approximate surface area is 68.1 Å². The largest absolute Gasteiger partial charge is 0.472 e. The van der Waals surface area contributed by atoms with Gasteiger partial charge in [0.05, 0.1) is 11.8 Å². The van der Waals surface area contributed by atoms with Gasteiger partial charge in [-0.1, -0.05) is 0 Å². The van der Waals surface area contributed by atoms with Crippen LogP contribution in [0.3, 0.4) is 0 Å². The molecular weight excluding hydrogens is 158 g/mol. The third-order valence-corrected chi connectivity index (χ3v) is 1.46. The van der Waals surface area contributed by atoms with Gasteiger partial charge in [-0.15, -0.1) is 0 Å². The molecule has 0 fully saturated rings. The quantitative estimate of drug-likeness (QED) is 0.681. The van der Waals surface area contributed by atoms with Gasteiger partial charge in [-0.05, 0) is 6.07 Å². The first-order valence-corrected chi connectivity index (χ1v) is 3.45. The summed E-state index contributed by atoms with van der Waals surface area (Å²) in [7, 11) is 0. The molecule has 0 saturated heterocycles. The van der Waals surface area contributed by atoms with Crippen LogP contribution in [0.5, 0.6) is 0 Å². The fourth-order valence-corrected chi connectivity index (χ4v) is 0.887. The number of aliphatic hydroxyl groups is 1. The third-order valence-electron chi connectivity index (χ3n) is 1.46. The van der Waals surface area contributed by atoms with Gasteiger partial charge >= 0.3 is 0 Å². The number of H-pyrrole nitrogens is 1. The van der Waals surface area contributed by atoms with Crippen molar-refractivity contribution in [2.24, 2.45) is 0 Å². The number of hydrogen-bond acceptors (Lipinski definition) is 4. The number of rotatable bonds is 2. The van der Waals surface area contributed by atoms with Crippen molar-refractivity contribution in [3.63, 3.8) is 0 Å². The minimum Gasteiger partial charge on any atom is -0.472 e. The molecule has 5 nitrogen and oxygen atoms in total. The number of aromatic nitrogens is 3. The Balaban J connectivity index is 2.35. The lowest BCUT2D eigenvalue weighted by molar-refractivity contribution is 0.272. The van der Waals surface area contributed by atoms with Gasteiger partial charge in [0.1, 0.15) is 12.9 Å². The molecule has 2 aromatic heterocycles. The number of aromatic amines is 1. The summed E-state index contributed by atoms with van der Waals surface area (Å²) in [5.74, 6) is 0.985. The molecule has 0 atom stereocenters. The van der Waals surface area contributed by atoms with Gasteiger partial charge in [-0.3, -0.25) is 5.10 Å². The van der Waals surface area contributed by atoms with E-state index < -0.39 is 0 Å². The maximum absolute atomic E-state index is 8.69. The van der Waals surface area contributed by atoms with E-state index in [2.05, 4.69) is 15.2 Å². The van der Waals surface area contributed by atoms with Crippen molar-refractivity contribution in [3.05, 3.63) is 24.4 Å². The zero-order valence-electron chi connectivity index (χ0n) is 6.19. The van der Waals surface area contributed by atoms with E-state index >= 15 is 0 Å². The molecule has 0 amide bonds. The maximum Gasteiger partial charge on any atom is 0.184 e. The Hall–Kier alpha value is -1.62. The smallest absolute Gasteiger partial charge is 0.184 e.